The highest BCUT2D eigenvalue weighted by atomic mass is 35.5. The molecule has 23 heavy (non-hydrogen) atoms. The second-order valence-electron chi connectivity index (χ2n) is 4.92. The van der Waals surface area contributed by atoms with Crippen molar-refractivity contribution in [3.63, 3.8) is 0 Å². The van der Waals surface area contributed by atoms with Crippen molar-refractivity contribution in [3.8, 4) is 17.2 Å². The summed E-state index contributed by atoms with van der Waals surface area (Å²) < 4.78 is 16.1. The second kappa shape index (κ2) is 6.56. The molecule has 0 saturated heterocycles. The number of hydrogen-bond acceptors (Lipinski definition) is 4. The maximum Gasteiger partial charge on any atom is 0.265 e. The van der Waals surface area contributed by atoms with Gasteiger partial charge in [-0.25, -0.2) is 0 Å². The molecule has 1 heterocycles. The summed E-state index contributed by atoms with van der Waals surface area (Å²) in [6, 6.07) is 9.95. The van der Waals surface area contributed by atoms with E-state index in [1.807, 2.05) is 0 Å². The molecule has 5 nitrogen and oxygen atoms in total. The Labute approximate surface area is 143 Å². The van der Waals surface area contributed by atoms with E-state index < -0.39 is 6.10 Å². The van der Waals surface area contributed by atoms with Gasteiger partial charge in [0.15, 0.2) is 17.6 Å². The van der Waals surface area contributed by atoms with E-state index in [9.17, 15) is 4.79 Å². The Morgan fingerprint density at radius 3 is 2.57 bits per heavy atom. The first kappa shape index (κ1) is 15.8. The van der Waals surface area contributed by atoms with Crippen molar-refractivity contribution in [1.82, 2.24) is 0 Å². The highest BCUT2D eigenvalue weighted by molar-refractivity contribution is 6.34. The fourth-order valence-corrected chi connectivity index (χ4v) is 2.58. The third-order valence-corrected chi connectivity index (χ3v) is 3.59. The summed E-state index contributed by atoms with van der Waals surface area (Å²) in [5.41, 5.74) is 0.596. The van der Waals surface area contributed by atoms with E-state index in [0.717, 1.165) is 0 Å². The molecule has 0 unspecified atom stereocenters. The second-order valence-corrected chi connectivity index (χ2v) is 5.80. The van der Waals surface area contributed by atoms with Crippen LogP contribution in [0.15, 0.2) is 36.4 Å². The quantitative estimate of drug-likeness (QED) is 0.897. The average molecular weight is 354 g/mol. The average Bonchev–Trinajstić information content (AvgIpc) is 2.93. The van der Waals surface area contributed by atoms with Crippen molar-refractivity contribution in [3.05, 3.63) is 46.4 Å². The highest BCUT2D eigenvalue weighted by Gasteiger charge is 2.18. The van der Waals surface area contributed by atoms with Gasteiger partial charge in [0, 0.05) is 21.8 Å². The lowest BCUT2D eigenvalue weighted by atomic mass is 10.2. The Bertz CT molecular complexity index is 731. The van der Waals surface area contributed by atoms with Gasteiger partial charge in [0.2, 0.25) is 6.79 Å². The third kappa shape index (κ3) is 3.81. The number of amides is 1. The van der Waals surface area contributed by atoms with E-state index in [-0.39, 0.29) is 12.7 Å². The Morgan fingerprint density at radius 1 is 1.13 bits per heavy atom. The van der Waals surface area contributed by atoms with Crippen LogP contribution in [0.2, 0.25) is 10.0 Å². The van der Waals surface area contributed by atoms with Gasteiger partial charge in [-0.15, -0.1) is 0 Å². The molecule has 0 radical (unpaired) electrons. The summed E-state index contributed by atoms with van der Waals surface area (Å²) in [6.45, 7) is 1.82. The van der Waals surface area contributed by atoms with Gasteiger partial charge in [-0.05, 0) is 37.3 Å². The maximum atomic E-state index is 12.2. The number of carbonyl (C=O) groups is 1. The number of anilines is 1. The van der Waals surface area contributed by atoms with Gasteiger partial charge in [0.1, 0.15) is 5.75 Å². The molecule has 1 aliphatic rings. The van der Waals surface area contributed by atoms with Crippen LogP contribution in [-0.4, -0.2) is 18.8 Å². The lowest BCUT2D eigenvalue weighted by molar-refractivity contribution is -0.122. The van der Waals surface area contributed by atoms with Crippen molar-refractivity contribution in [2.75, 3.05) is 12.1 Å². The molecule has 0 spiro atoms. The number of fused-ring (bicyclic) bond motifs is 1. The first-order valence-electron chi connectivity index (χ1n) is 6.84. The van der Waals surface area contributed by atoms with Crippen molar-refractivity contribution in [2.45, 2.75) is 13.0 Å². The van der Waals surface area contributed by atoms with E-state index in [2.05, 4.69) is 5.32 Å². The summed E-state index contributed by atoms with van der Waals surface area (Å²) in [6.07, 6.45) is -0.727. The minimum atomic E-state index is -0.727. The van der Waals surface area contributed by atoms with Crippen LogP contribution in [0, 0.1) is 0 Å². The van der Waals surface area contributed by atoms with E-state index in [1.54, 1.807) is 43.3 Å². The lowest BCUT2D eigenvalue weighted by Gasteiger charge is -2.15. The zero-order chi connectivity index (χ0) is 16.4. The molecule has 0 aromatic heterocycles. The molecule has 1 N–H and O–H groups in total. The molecule has 1 amide bonds. The van der Waals surface area contributed by atoms with Crippen molar-refractivity contribution < 1.29 is 19.0 Å². The molecular formula is C16H13Cl2NO4. The molecule has 0 aliphatic carbocycles. The molecule has 1 atom stereocenters. The van der Waals surface area contributed by atoms with Crippen LogP contribution in [0.25, 0.3) is 0 Å². The number of rotatable bonds is 4. The largest absolute Gasteiger partial charge is 0.481 e. The number of nitrogens with one attached hydrogen (secondary N) is 1. The molecule has 3 rings (SSSR count). The van der Waals surface area contributed by atoms with Crippen LogP contribution >= 0.6 is 23.2 Å². The first-order chi connectivity index (χ1) is 11.0. The standard InChI is InChI=1S/C16H13Cl2NO4/c1-9(23-13-5-10(17)4-11(18)6-13)16(20)19-12-2-3-14-15(7-12)22-8-21-14/h2-7,9H,8H2,1H3,(H,19,20)/t9-/m1/s1. The molecule has 1 aliphatic heterocycles. The lowest BCUT2D eigenvalue weighted by Crippen LogP contribution is -2.30. The maximum absolute atomic E-state index is 12.2. The summed E-state index contributed by atoms with van der Waals surface area (Å²) in [5.74, 6) is 1.37. The van der Waals surface area contributed by atoms with Gasteiger partial charge in [0.25, 0.3) is 5.91 Å². The van der Waals surface area contributed by atoms with Gasteiger partial charge in [-0.1, -0.05) is 23.2 Å². The summed E-state index contributed by atoms with van der Waals surface area (Å²) >= 11 is 11.8. The zero-order valence-electron chi connectivity index (χ0n) is 12.1. The fraction of sp³-hybridized carbons (Fsp3) is 0.188. The molecular weight excluding hydrogens is 341 g/mol. The normalized spacial score (nSPS) is 13.5. The van der Waals surface area contributed by atoms with Crippen LogP contribution in [0.3, 0.4) is 0 Å². The van der Waals surface area contributed by atoms with Gasteiger partial charge in [0.05, 0.1) is 0 Å². The smallest absolute Gasteiger partial charge is 0.265 e. The number of ether oxygens (including phenoxy) is 3. The van der Waals surface area contributed by atoms with E-state index in [0.29, 0.717) is 33.0 Å². The number of hydrogen-bond donors (Lipinski definition) is 1. The topological polar surface area (TPSA) is 56.8 Å². The van der Waals surface area contributed by atoms with Crippen molar-refractivity contribution in [1.29, 1.82) is 0 Å². The molecule has 0 fully saturated rings. The SMILES string of the molecule is C[C@@H](Oc1cc(Cl)cc(Cl)c1)C(=O)Nc1ccc2c(c1)OCO2. The van der Waals surface area contributed by atoms with Gasteiger partial charge >= 0.3 is 0 Å². The van der Waals surface area contributed by atoms with Crippen LogP contribution in [0.1, 0.15) is 6.92 Å². The van der Waals surface area contributed by atoms with Crippen molar-refractivity contribution >= 4 is 34.8 Å². The van der Waals surface area contributed by atoms with E-state index >= 15 is 0 Å². The zero-order valence-corrected chi connectivity index (χ0v) is 13.6. The number of carbonyl (C=O) groups excluding carboxylic acids is 1. The Kier molecular flexibility index (Phi) is 4.50. The van der Waals surface area contributed by atoms with Crippen LogP contribution in [-0.2, 0) is 4.79 Å². The van der Waals surface area contributed by atoms with Gasteiger partial charge in [-0.3, -0.25) is 4.79 Å². The Hall–Kier alpha value is -2.11. The molecule has 0 saturated carbocycles. The highest BCUT2D eigenvalue weighted by Crippen LogP contribution is 2.34. The van der Waals surface area contributed by atoms with E-state index in [4.69, 9.17) is 37.4 Å². The van der Waals surface area contributed by atoms with Crippen LogP contribution < -0.4 is 19.5 Å². The summed E-state index contributed by atoms with van der Waals surface area (Å²) in [4.78, 5) is 12.2. The Balaban J connectivity index is 1.65. The van der Waals surface area contributed by atoms with Gasteiger partial charge in [-0.2, -0.15) is 0 Å². The number of halogens is 2. The third-order valence-electron chi connectivity index (χ3n) is 3.16. The van der Waals surface area contributed by atoms with Crippen LogP contribution in [0.5, 0.6) is 17.2 Å². The molecule has 120 valence electrons. The summed E-state index contributed by atoms with van der Waals surface area (Å²) in [5, 5.41) is 3.64. The molecule has 2 aromatic carbocycles. The van der Waals surface area contributed by atoms with Crippen LogP contribution in [0.4, 0.5) is 5.69 Å². The minimum absolute atomic E-state index is 0.182. The van der Waals surface area contributed by atoms with Gasteiger partial charge < -0.3 is 19.5 Å². The monoisotopic (exact) mass is 353 g/mol. The molecule has 2 aromatic rings. The predicted molar refractivity (Wildman–Crippen MR) is 87.7 cm³/mol. The summed E-state index contributed by atoms with van der Waals surface area (Å²) in [7, 11) is 0. The fourth-order valence-electron chi connectivity index (χ4n) is 2.07. The molecule has 0 bridgehead atoms. The predicted octanol–water partition coefficient (Wildman–Crippen LogP) is 4.13. The minimum Gasteiger partial charge on any atom is -0.481 e. The Morgan fingerprint density at radius 2 is 1.83 bits per heavy atom. The van der Waals surface area contributed by atoms with E-state index in [1.165, 1.54) is 0 Å². The molecule has 7 heteroatoms. The number of benzene rings is 2. The first-order valence-corrected chi connectivity index (χ1v) is 7.60. The van der Waals surface area contributed by atoms with Crippen molar-refractivity contribution in [2.24, 2.45) is 0 Å².